The normalized spacial score (nSPS) is 15.3. The summed E-state index contributed by atoms with van der Waals surface area (Å²) >= 11 is 0. The quantitative estimate of drug-likeness (QED) is 0.710. The molecule has 84 valence electrons. The second-order valence-electron chi connectivity index (χ2n) is 4.52. The van der Waals surface area contributed by atoms with Crippen molar-refractivity contribution in [3.05, 3.63) is 41.2 Å². The predicted octanol–water partition coefficient (Wildman–Crippen LogP) is 3.98. The molecule has 0 amide bonds. The molecule has 1 aromatic carbocycles. The van der Waals surface area contributed by atoms with Gasteiger partial charge in [-0.3, -0.25) is 4.99 Å². The van der Waals surface area contributed by atoms with Crippen LogP contribution in [0.25, 0.3) is 5.70 Å². The second-order valence-corrected chi connectivity index (χ2v) is 4.52. The first kappa shape index (κ1) is 11.1. The highest BCUT2D eigenvalue weighted by atomic mass is 19.1. The molecule has 0 N–H and O–H groups in total. The zero-order valence-corrected chi connectivity index (χ0v) is 9.92. The van der Waals surface area contributed by atoms with Gasteiger partial charge in [0.1, 0.15) is 5.82 Å². The summed E-state index contributed by atoms with van der Waals surface area (Å²) < 4.78 is 13.1. The molecule has 0 unspecified atom stereocenters. The van der Waals surface area contributed by atoms with Crippen LogP contribution in [0.5, 0.6) is 0 Å². The third-order valence-corrected chi connectivity index (χ3v) is 2.89. The van der Waals surface area contributed by atoms with E-state index in [-0.39, 0.29) is 5.82 Å². The van der Waals surface area contributed by atoms with Crippen molar-refractivity contribution < 1.29 is 4.39 Å². The molecule has 1 heterocycles. The molecule has 2 heteroatoms. The van der Waals surface area contributed by atoms with Crippen molar-refractivity contribution >= 4 is 11.4 Å². The molecule has 0 atom stereocenters. The lowest BCUT2D eigenvalue weighted by Gasteiger charge is -2.04. The van der Waals surface area contributed by atoms with Gasteiger partial charge in [-0.15, -0.1) is 0 Å². The summed E-state index contributed by atoms with van der Waals surface area (Å²) in [5.41, 5.74) is 3.87. The molecule has 2 rings (SSSR count). The molecule has 0 saturated heterocycles. The monoisotopic (exact) mass is 217 g/mol. The summed E-state index contributed by atoms with van der Waals surface area (Å²) in [6.45, 7) is 6.07. The van der Waals surface area contributed by atoms with Crippen molar-refractivity contribution in [2.24, 2.45) is 10.9 Å². The van der Waals surface area contributed by atoms with Crippen LogP contribution in [0.2, 0.25) is 0 Å². The van der Waals surface area contributed by atoms with Crippen molar-refractivity contribution in [1.29, 1.82) is 0 Å². The molecule has 1 aliphatic heterocycles. The van der Waals surface area contributed by atoms with E-state index in [9.17, 15) is 4.39 Å². The number of benzene rings is 1. The van der Waals surface area contributed by atoms with E-state index in [1.807, 2.05) is 6.07 Å². The molecule has 1 nitrogen and oxygen atoms in total. The Morgan fingerprint density at radius 3 is 2.62 bits per heavy atom. The number of aryl methyl sites for hydroxylation is 1. The molecule has 16 heavy (non-hydrogen) atoms. The average Bonchev–Trinajstić information content (AvgIpc) is 2.71. The van der Waals surface area contributed by atoms with Crippen molar-refractivity contribution in [1.82, 2.24) is 0 Å². The van der Waals surface area contributed by atoms with Gasteiger partial charge in [-0.05, 0) is 36.6 Å². The Morgan fingerprint density at radius 2 is 2.06 bits per heavy atom. The zero-order chi connectivity index (χ0) is 11.7. The number of hydrogen-bond acceptors (Lipinski definition) is 1. The molecule has 1 aliphatic rings. The smallest absolute Gasteiger partial charge is 0.126 e. The Bertz CT molecular complexity index is 470. The summed E-state index contributed by atoms with van der Waals surface area (Å²) in [5.74, 6) is 0.325. The van der Waals surface area contributed by atoms with Crippen LogP contribution in [0.4, 0.5) is 4.39 Å². The first-order valence-corrected chi connectivity index (χ1v) is 5.62. The molecule has 0 fully saturated rings. The van der Waals surface area contributed by atoms with Crippen LogP contribution >= 0.6 is 0 Å². The third-order valence-electron chi connectivity index (χ3n) is 2.89. The highest BCUT2D eigenvalue weighted by molar-refractivity contribution is 5.96. The Kier molecular flexibility index (Phi) is 2.90. The van der Waals surface area contributed by atoms with Crippen molar-refractivity contribution in [2.45, 2.75) is 27.2 Å². The highest BCUT2D eigenvalue weighted by Gasteiger charge is 2.13. The third kappa shape index (κ3) is 2.06. The van der Waals surface area contributed by atoms with Crippen LogP contribution in [0.3, 0.4) is 0 Å². The Morgan fingerprint density at radius 1 is 1.31 bits per heavy atom. The topological polar surface area (TPSA) is 12.4 Å². The van der Waals surface area contributed by atoms with Gasteiger partial charge in [0.05, 0.1) is 5.70 Å². The number of halogens is 1. The van der Waals surface area contributed by atoms with Crippen LogP contribution in [0.1, 0.15) is 31.4 Å². The Balaban J connectivity index is 2.30. The summed E-state index contributed by atoms with van der Waals surface area (Å²) in [6, 6.07) is 5.16. The summed E-state index contributed by atoms with van der Waals surface area (Å²) in [6.07, 6.45) is 3.03. The van der Waals surface area contributed by atoms with Crippen LogP contribution in [0.15, 0.2) is 29.3 Å². The first-order valence-electron chi connectivity index (χ1n) is 5.62. The molecular weight excluding hydrogens is 201 g/mol. The van der Waals surface area contributed by atoms with Crippen LogP contribution in [-0.2, 0) is 0 Å². The largest absolute Gasteiger partial charge is 0.257 e. The molecule has 0 bridgehead atoms. The van der Waals surface area contributed by atoms with E-state index in [0.717, 1.165) is 17.7 Å². The maximum absolute atomic E-state index is 13.1. The van der Waals surface area contributed by atoms with E-state index in [2.05, 4.69) is 24.9 Å². The fourth-order valence-corrected chi connectivity index (χ4v) is 1.80. The van der Waals surface area contributed by atoms with Crippen molar-refractivity contribution in [2.75, 3.05) is 0 Å². The fraction of sp³-hybridized carbons (Fsp3) is 0.357. The number of rotatable bonds is 2. The number of hydrogen-bond donors (Lipinski definition) is 0. The molecule has 0 saturated carbocycles. The first-order chi connectivity index (χ1) is 7.58. The highest BCUT2D eigenvalue weighted by Crippen LogP contribution is 2.25. The summed E-state index contributed by atoms with van der Waals surface area (Å²) in [4.78, 5) is 4.58. The number of nitrogens with zero attached hydrogens (tertiary/aromatic N) is 1. The van der Waals surface area contributed by atoms with Crippen LogP contribution in [0, 0.1) is 18.7 Å². The van der Waals surface area contributed by atoms with Gasteiger partial charge in [-0.1, -0.05) is 19.9 Å². The van der Waals surface area contributed by atoms with Crippen molar-refractivity contribution in [3.63, 3.8) is 0 Å². The molecular formula is C14H16FN. The van der Waals surface area contributed by atoms with Gasteiger partial charge in [-0.25, -0.2) is 4.39 Å². The fourth-order valence-electron chi connectivity index (χ4n) is 1.80. The number of aliphatic imine (C=N–C) groups is 1. The van der Waals surface area contributed by atoms with Gasteiger partial charge in [0.25, 0.3) is 0 Å². The molecule has 0 aromatic heterocycles. The molecule has 0 aliphatic carbocycles. The SMILES string of the molecule is Cc1cc(C2=CCC(C(C)C)=N2)ccc1F. The van der Waals surface area contributed by atoms with Crippen LogP contribution < -0.4 is 0 Å². The lowest BCUT2D eigenvalue weighted by atomic mass is 10.1. The van der Waals surface area contributed by atoms with Gasteiger partial charge >= 0.3 is 0 Å². The van der Waals surface area contributed by atoms with Gasteiger partial charge in [0, 0.05) is 17.7 Å². The van der Waals surface area contributed by atoms with E-state index < -0.39 is 0 Å². The van der Waals surface area contributed by atoms with Crippen LogP contribution in [-0.4, -0.2) is 5.71 Å². The zero-order valence-electron chi connectivity index (χ0n) is 9.92. The maximum Gasteiger partial charge on any atom is 0.126 e. The lowest BCUT2D eigenvalue weighted by molar-refractivity contribution is 0.618. The van der Waals surface area contributed by atoms with E-state index in [1.54, 1.807) is 13.0 Å². The second kappa shape index (κ2) is 4.20. The average molecular weight is 217 g/mol. The minimum Gasteiger partial charge on any atom is -0.257 e. The number of allylic oxidation sites excluding steroid dienone is 1. The molecule has 0 spiro atoms. The minimum atomic E-state index is -0.157. The predicted molar refractivity (Wildman–Crippen MR) is 66.0 cm³/mol. The molecule has 1 aromatic rings. The molecule has 0 radical (unpaired) electrons. The standard InChI is InChI=1S/C14H16FN/c1-9(2)13-6-7-14(16-13)11-4-5-12(15)10(3)8-11/h4-5,7-9H,6H2,1-3H3. The van der Waals surface area contributed by atoms with E-state index >= 15 is 0 Å². The van der Waals surface area contributed by atoms with Gasteiger partial charge < -0.3 is 0 Å². The van der Waals surface area contributed by atoms with E-state index in [0.29, 0.717) is 11.5 Å². The van der Waals surface area contributed by atoms with Gasteiger partial charge in [-0.2, -0.15) is 0 Å². The van der Waals surface area contributed by atoms with Gasteiger partial charge in [0.2, 0.25) is 0 Å². The van der Waals surface area contributed by atoms with E-state index in [1.165, 1.54) is 11.8 Å². The van der Waals surface area contributed by atoms with Crippen molar-refractivity contribution in [3.8, 4) is 0 Å². The summed E-state index contributed by atoms with van der Waals surface area (Å²) in [7, 11) is 0. The Hall–Kier alpha value is -1.44. The lowest BCUT2D eigenvalue weighted by Crippen LogP contribution is -2.02. The van der Waals surface area contributed by atoms with Gasteiger partial charge in [0.15, 0.2) is 0 Å². The maximum atomic E-state index is 13.1. The van der Waals surface area contributed by atoms with E-state index in [4.69, 9.17) is 0 Å². The minimum absolute atomic E-state index is 0.157. The Labute approximate surface area is 95.7 Å². The summed E-state index contributed by atoms with van der Waals surface area (Å²) in [5, 5.41) is 0.